The molecule has 3 N–H and O–H groups in total. The number of ether oxygens (including phenoxy) is 1. The number of nitrogens with one attached hydrogen (secondary N) is 1. The Morgan fingerprint density at radius 1 is 1.25 bits per heavy atom. The summed E-state index contributed by atoms with van der Waals surface area (Å²) in [6, 6.07) is 12.1. The number of anilines is 1. The fourth-order valence-corrected chi connectivity index (χ4v) is 2.60. The summed E-state index contributed by atoms with van der Waals surface area (Å²) in [6.45, 7) is 0. The summed E-state index contributed by atoms with van der Waals surface area (Å²) in [5.74, 6) is 0.780. The quantitative estimate of drug-likeness (QED) is 0.726. The van der Waals surface area contributed by atoms with E-state index in [1.165, 1.54) is 0 Å². The minimum atomic E-state index is -0.697. The van der Waals surface area contributed by atoms with Crippen LogP contribution >= 0.6 is 23.2 Å². The van der Waals surface area contributed by atoms with Crippen molar-refractivity contribution in [3.8, 4) is 5.75 Å². The lowest BCUT2D eigenvalue weighted by atomic mass is 10.1. The summed E-state index contributed by atoms with van der Waals surface area (Å²) >= 11 is 12.1. The van der Waals surface area contributed by atoms with E-state index in [0.717, 1.165) is 17.0 Å². The van der Waals surface area contributed by atoms with Crippen molar-refractivity contribution >= 4 is 35.2 Å². The van der Waals surface area contributed by atoms with Crippen molar-refractivity contribution in [1.82, 2.24) is 0 Å². The number of carbonyl (C=O) groups is 1. The Morgan fingerprint density at radius 2 is 1.96 bits per heavy atom. The molecule has 0 fully saturated rings. The largest absolute Gasteiger partial charge is 0.497 e. The molecule has 2 rings (SSSR count). The van der Waals surface area contributed by atoms with Crippen molar-refractivity contribution in [3.63, 3.8) is 0 Å². The lowest BCUT2D eigenvalue weighted by Gasteiger charge is -2.14. The maximum atomic E-state index is 10.9. The molecule has 6 heteroatoms. The van der Waals surface area contributed by atoms with Crippen molar-refractivity contribution < 1.29 is 9.53 Å². The zero-order valence-corrected chi connectivity index (χ0v) is 14.6. The highest BCUT2D eigenvalue weighted by molar-refractivity contribution is 6.36. The molecule has 0 amide bonds. The highest BCUT2D eigenvalue weighted by Gasteiger charge is 2.07. The fourth-order valence-electron chi connectivity index (χ4n) is 2.14. The molecule has 4 nitrogen and oxygen atoms in total. The summed E-state index contributed by atoms with van der Waals surface area (Å²) in [7, 11) is 1.62. The second-order valence-electron chi connectivity index (χ2n) is 5.18. The first-order chi connectivity index (χ1) is 11.5. The predicted molar refractivity (Wildman–Crippen MR) is 98.9 cm³/mol. The van der Waals surface area contributed by atoms with E-state index < -0.39 is 6.04 Å². The number of hydrogen-bond acceptors (Lipinski definition) is 4. The summed E-state index contributed by atoms with van der Waals surface area (Å²) in [5, 5.41) is 4.26. The number of methoxy groups -OCH3 is 1. The van der Waals surface area contributed by atoms with Gasteiger partial charge in [-0.1, -0.05) is 35.3 Å². The molecule has 0 radical (unpaired) electrons. The number of nitrogens with two attached hydrogens (primary N) is 1. The first-order valence-corrected chi connectivity index (χ1v) is 8.04. The van der Waals surface area contributed by atoms with Crippen LogP contribution in [0.3, 0.4) is 0 Å². The maximum absolute atomic E-state index is 10.9. The first kappa shape index (κ1) is 18.3. The molecular formula is C18H18Cl2N2O2. The normalized spacial score (nSPS) is 12.6. The smallest absolute Gasteiger partial charge is 0.140 e. The van der Waals surface area contributed by atoms with E-state index in [1.54, 1.807) is 31.4 Å². The van der Waals surface area contributed by atoms with Crippen LogP contribution in [0, 0.1) is 0 Å². The number of aldehydes is 1. The van der Waals surface area contributed by atoms with Gasteiger partial charge in [-0.25, -0.2) is 0 Å². The third-order valence-corrected chi connectivity index (χ3v) is 3.88. The van der Waals surface area contributed by atoms with Gasteiger partial charge in [0.1, 0.15) is 12.0 Å². The molecule has 0 spiro atoms. The molecule has 0 aliphatic heterocycles. The molecule has 0 aliphatic rings. The lowest BCUT2D eigenvalue weighted by molar-refractivity contribution is -0.108. The summed E-state index contributed by atoms with van der Waals surface area (Å²) in [6.07, 6.45) is 2.91. The minimum Gasteiger partial charge on any atom is -0.497 e. The standard InChI is InChI=1S/C18H18Cl2N2O2/c1-24-16-5-2-12(3-6-16)8-15(10-14(21)11-23)22-18-7-4-13(19)9-17(18)20/h2-7,9-11,14,22H,8,21H2,1H3/b15-10-. The van der Waals surface area contributed by atoms with Crippen molar-refractivity contribution in [2.24, 2.45) is 5.73 Å². The van der Waals surface area contributed by atoms with Gasteiger partial charge in [-0.05, 0) is 42.0 Å². The Bertz CT molecular complexity index is 730. The van der Waals surface area contributed by atoms with Gasteiger partial charge >= 0.3 is 0 Å². The van der Waals surface area contributed by atoms with E-state index in [9.17, 15) is 4.79 Å². The Balaban J connectivity index is 2.23. The van der Waals surface area contributed by atoms with Gasteiger partial charge in [0.2, 0.25) is 0 Å². The number of rotatable bonds is 7. The van der Waals surface area contributed by atoms with Crippen LogP contribution in [0.5, 0.6) is 5.75 Å². The Kier molecular flexibility index (Phi) is 6.67. The maximum Gasteiger partial charge on any atom is 0.140 e. The minimum absolute atomic E-state index is 0.489. The number of allylic oxidation sites excluding steroid dienone is 1. The van der Waals surface area contributed by atoms with Crippen LogP contribution in [0.2, 0.25) is 10.0 Å². The Labute approximate surface area is 151 Å². The van der Waals surface area contributed by atoms with Crippen LogP contribution in [0.25, 0.3) is 0 Å². The molecule has 0 saturated heterocycles. The van der Waals surface area contributed by atoms with Crippen LogP contribution in [0.4, 0.5) is 5.69 Å². The molecule has 24 heavy (non-hydrogen) atoms. The van der Waals surface area contributed by atoms with Gasteiger partial charge in [-0.3, -0.25) is 0 Å². The van der Waals surface area contributed by atoms with Gasteiger partial charge in [-0.2, -0.15) is 0 Å². The van der Waals surface area contributed by atoms with E-state index >= 15 is 0 Å². The van der Waals surface area contributed by atoms with Crippen molar-refractivity contribution in [3.05, 3.63) is 69.8 Å². The zero-order valence-electron chi connectivity index (χ0n) is 13.1. The molecule has 0 aliphatic carbocycles. The second kappa shape index (κ2) is 8.73. The SMILES string of the molecule is COc1ccc(C/C(=C/C(N)C=O)Nc2ccc(Cl)cc2Cl)cc1. The number of benzene rings is 2. The van der Waals surface area contributed by atoms with Gasteiger partial charge < -0.3 is 20.6 Å². The molecule has 126 valence electrons. The molecule has 0 bridgehead atoms. The fraction of sp³-hybridized carbons (Fsp3) is 0.167. The van der Waals surface area contributed by atoms with Crippen molar-refractivity contribution in [1.29, 1.82) is 0 Å². The molecule has 0 heterocycles. The van der Waals surface area contributed by atoms with Crippen LogP contribution in [0.1, 0.15) is 5.56 Å². The molecule has 2 aromatic carbocycles. The number of carbonyl (C=O) groups excluding carboxylic acids is 1. The van der Waals surface area contributed by atoms with Crippen LogP contribution in [-0.4, -0.2) is 19.4 Å². The topological polar surface area (TPSA) is 64.3 Å². The van der Waals surface area contributed by atoms with E-state index in [0.29, 0.717) is 28.4 Å². The Hall–Kier alpha value is -2.01. The lowest BCUT2D eigenvalue weighted by Crippen LogP contribution is -2.20. The molecule has 2 aromatic rings. The molecular weight excluding hydrogens is 347 g/mol. The predicted octanol–water partition coefficient (Wildman–Crippen LogP) is 4.07. The summed E-state index contributed by atoms with van der Waals surface area (Å²) in [5.41, 5.74) is 8.23. The van der Waals surface area contributed by atoms with Crippen LogP contribution < -0.4 is 15.8 Å². The van der Waals surface area contributed by atoms with E-state index in [4.69, 9.17) is 33.7 Å². The zero-order chi connectivity index (χ0) is 17.5. The third-order valence-electron chi connectivity index (χ3n) is 3.33. The van der Waals surface area contributed by atoms with Crippen molar-refractivity contribution in [2.75, 3.05) is 12.4 Å². The average molecular weight is 365 g/mol. The molecule has 1 unspecified atom stereocenters. The summed E-state index contributed by atoms with van der Waals surface area (Å²) < 4.78 is 5.15. The molecule has 1 atom stereocenters. The highest BCUT2D eigenvalue weighted by atomic mass is 35.5. The van der Waals surface area contributed by atoms with E-state index in [2.05, 4.69) is 5.32 Å². The van der Waals surface area contributed by atoms with Crippen LogP contribution in [0.15, 0.2) is 54.2 Å². The van der Waals surface area contributed by atoms with Gasteiger partial charge in [-0.15, -0.1) is 0 Å². The van der Waals surface area contributed by atoms with Gasteiger partial charge in [0.15, 0.2) is 0 Å². The average Bonchev–Trinajstić information content (AvgIpc) is 2.57. The van der Waals surface area contributed by atoms with E-state index in [-0.39, 0.29) is 0 Å². The number of hydrogen-bond donors (Lipinski definition) is 2. The summed E-state index contributed by atoms with van der Waals surface area (Å²) in [4.78, 5) is 10.9. The van der Waals surface area contributed by atoms with Gasteiger partial charge in [0.05, 0.1) is 23.9 Å². The third kappa shape index (κ3) is 5.27. The Morgan fingerprint density at radius 3 is 2.54 bits per heavy atom. The van der Waals surface area contributed by atoms with Crippen LogP contribution in [-0.2, 0) is 11.2 Å². The molecule has 0 saturated carbocycles. The first-order valence-electron chi connectivity index (χ1n) is 7.28. The highest BCUT2D eigenvalue weighted by Crippen LogP contribution is 2.27. The molecule has 0 aromatic heterocycles. The van der Waals surface area contributed by atoms with Gasteiger partial charge in [0.25, 0.3) is 0 Å². The van der Waals surface area contributed by atoms with Gasteiger partial charge in [0, 0.05) is 17.1 Å². The second-order valence-corrected chi connectivity index (χ2v) is 6.02. The van der Waals surface area contributed by atoms with Crippen molar-refractivity contribution in [2.45, 2.75) is 12.5 Å². The monoisotopic (exact) mass is 364 g/mol. The number of halogens is 2. The van der Waals surface area contributed by atoms with E-state index in [1.807, 2.05) is 24.3 Å².